The lowest BCUT2D eigenvalue weighted by Crippen LogP contribution is -2.36. The van der Waals surface area contributed by atoms with Gasteiger partial charge in [0.25, 0.3) is 16.8 Å². The molecule has 4 rings (SSSR count). The first-order valence-corrected chi connectivity index (χ1v) is 13.6. The number of imide groups is 1. The third kappa shape index (κ3) is 6.94. The van der Waals surface area contributed by atoms with Crippen molar-refractivity contribution in [3.63, 3.8) is 0 Å². The van der Waals surface area contributed by atoms with Gasteiger partial charge in [0.1, 0.15) is 12.7 Å². The minimum Gasteiger partial charge on any atom is -0.490 e. The number of nitrogens with zero attached hydrogens (tertiary/aromatic N) is 3. The molecule has 0 radical (unpaired) electrons. The maximum atomic E-state index is 12.9. The molecule has 0 saturated carbocycles. The van der Waals surface area contributed by atoms with E-state index in [1.165, 1.54) is 30.0 Å². The van der Waals surface area contributed by atoms with Gasteiger partial charge in [-0.3, -0.25) is 29.4 Å². The van der Waals surface area contributed by atoms with E-state index in [0.29, 0.717) is 29.4 Å². The number of thioether (sulfide) groups is 2. The number of hydrogen-bond donors (Lipinski definition) is 1. The first kappa shape index (κ1) is 27.7. The number of nitrogens with one attached hydrogen (secondary N) is 1. The Kier molecular flexibility index (Phi) is 8.84. The van der Waals surface area contributed by atoms with Crippen LogP contribution >= 0.6 is 23.5 Å². The van der Waals surface area contributed by atoms with E-state index < -0.39 is 28.5 Å². The number of carbonyl (C=O) groups excluding carboxylic acids is 3. The fourth-order valence-corrected chi connectivity index (χ4v) is 4.75. The Balaban J connectivity index is 1.47. The highest BCUT2D eigenvalue weighted by Crippen LogP contribution is 2.36. The van der Waals surface area contributed by atoms with Crippen LogP contribution in [-0.2, 0) is 9.59 Å². The van der Waals surface area contributed by atoms with Crippen LogP contribution in [0.4, 0.5) is 16.2 Å². The number of nitro groups is 1. The number of hydrogen-bond acceptors (Lipinski definition) is 10. The highest BCUT2D eigenvalue weighted by atomic mass is 32.2. The highest BCUT2D eigenvalue weighted by molar-refractivity contribution is 8.18. The van der Waals surface area contributed by atoms with E-state index in [1.807, 2.05) is 12.3 Å². The lowest BCUT2D eigenvalue weighted by atomic mass is 10.2. The normalized spacial score (nSPS) is 14.0. The predicted molar refractivity (Wildman–Crippen MR) is 148 cm³/mol. The van der Waals surface area contributed by atoms with Crippen molar-refractivity contribution < 1.29 is 28.8 Å². The van der Waals surface area contributed by atoms with Crippen LogP contribution < -0.4 is 14.8 Å². The summed E-state index contributed by atoms with van der Waals surface area (Å²) < 4.78 is 11.4. The Bertz CT molecular complexity index is 1460. The summed E-state index contributed by atoms with van der Waals surface area (Å²) in [6.45, 7) is 1.69. The van der Waals surface area contributed by atoms with Gasteiger partial charge in [0.05, 0.1) is 16.4 Å². The van der Waals surface area contributed by atoms with Crippen molar-refractivity contribution in [1.82, 2.24) is 9.88 Å². The average Bonchev–Trinajstić information content (AvgIpc) is 3.17. The Hall–Kier alpha value is -4.36. The van der Waals surface area contributed by atoms with Crippen LogP contribution in [0.2, 0.25) is 0 Å². The average molecular weight is 567 g/mol. The number of carbonyl (C=O) groups is 3. The van der Waals surface area contributed by atoms with Gasteiger partial charge >= 0.3 is 0 Å². The van der Waals surface area contributed by atoms with Gasteiger partial charge in [-0.25, -0.2) is 4.98 Å². The van der Waals surface area contributed by atoms with Gasteiger partial charge in [-0.05, 0) is 66.9 Å². The second-order valence-corrected chi connectivity index (χ2v) is 9.77. The van der Waals surface area contributed by atoms with Crippen molar-refractivity contribution in [2.45, 2.75) is 11.8 Å². The molecule has 2 aromatic carbocycles. The molecule has 0 spiro atoms. The third-order valence-electron chi connectivity index (χ3n) is 5.24. The number of rotatable bonds is 10. The van der Waals surface area contributed by atoms with Crippen LogP contribution in [0, 0.1) is 10.1 Å². The van der Waals surface area contributed by atoms with Crippen LogP contribution in [0.15, 0.2) is 70.6 Å². The first-order valence-electron chi connectivity index (χ1n) is 11.5. The molecule has 0 bridgehead atoms. The van der Waals surface area contributed by atoms with E-state index in [1.54, 1.807) is 43.3 Å². The van der Waals surface area contributed by atoms with E-state index in [4.69, 9.17) is 9.47 Å². The number of amides is 3. The largest absolute Gasteiger partial charge is 0.490 e. The molecule has 1 aliphatic rings. The van der Waals surface area contributed by atoms with E-state index in [9.17, 15) is 24.5 Å². The van der Waals surface area contributed by atoms with Crippen molar-refractivity contribution in [1.29, 1.82) is 0 Å². The van der Waals surface area contributed by atoms with Gasteiger partial charge in [0.2, 0.25) is 11.8 Å². The maximum absolute atomic E-state index is 12.9. The zero-order valence-electron chi connectivity index (χ0n) is 20.8. The topological polar surface area (TPSA) is 141 Å². The molecule has 200 valence electrons. The molecule has 0 unspecified atom stereocenters. The smallest absolute Gasteiger partial charge is 0.294 e. The molecular weight excluding hydrogens is 544 g/mol. The number of anilines is 1. The van der Waals surface area contributed by atoms with E-state index in [2.05, 4.69) is 10.3 Å². The molecule has 1 aliphatic heterocycles. The summed E-state index contributed by atoms with van der Waals surface area (Å²) >= 11 is 2.27. The van der Waals surface area contributed by atoms with Crippen molar-refractivity contribution in [3.05, 3.63) is 81.4 Å². The van der Waals surface area contributed by atoms with Gasteiger partial charge in [0, 0.05) is 22.7 Å². The van der Waals surface area contributed by atoms with Crippen LogP contribution in [-0.4, -0.2) is 51.3 Å². The lowest BCUT2D eigenvalue weighted by Gasteiger charge is -2.13. The Morgan fingerprint density at radius 2 is 2.00 bits per heavy atom. The quantitative estimate of drug-likeness (QED) is 0.143. The second kappa shape index (κ2) is 12.5. The number of aromatic nitrogens is 1. The van der Waals surface area contributed by atoms with Crippen molar-refractivity contribution in [2.75, 3.05) is 24.7 Å². The van der Waals surface area contributed by atoms with Crippen LogP contribution in [0.25, 0.3) is 6.08 Å². The number of ether oxygens (including phenoxy) is 2. The van der Waals surface area contributed by atoms with Gasteiger partial charge in [0.15, 0.2) is 11.5 Å². The molecule has 0 aliphatic carbocycles. The van der Waals surface area contributed by atoms with Gasteiger partial charge in [-0.2, -0.15) is 0 Å². The van der Waals surface area contributed by atoms with Gasteiger partial charge < -0.3 is 14.8 Å². The molecule has 13 heteroatoms. The van der Waals surface area contributed by atoms with E-state index in [0.717, 1.165) is 27.8 Å². The molecule has 1 fully saturated rings. The lowest BCUT2D eigenvalue weighted by molar-refractivity contribution is -0.385. The monoisotopic (exact) mass is 566 g/mol. The summed E-state index contributed by atoms with van der Waals surface area (Å²) in [5.74, 6) is -0.278. The van der Waals surface area contributed by atoms with E-state index >= 15 is 0 Å². The summed E-state index contributed by atoms with van der Waals surface area (Å²) in [7, 11) is 0. The summed E-state index contributed by atoms with van der Waals surface area (Å²) in [6.07, 6.45) is 4.53. The molecular formula is C26H22N4O7S2. The van der Waals surface area contributed by atoms with Crippen LogP contribution in [0.3, 0.4) is 0 Å². The number of pyridine rings is 1. The zero-order chi connectivity index (χ0) is 27.9. The maximum Gasteiger partial charge on any atom is 0.294 e. The Labute approximate surface area is 231 Å². The molecule has 1 saturated heterocycles. The summed E-state index contributed by atoms with van der Waals surface area (Å²) in [4.78, 5) is 54.2. The van der Waals surface area contributed by atoms with Gasteiger partial charge in [-0.1, -0.05) is 12.1 Å². The van der Waals surface area contributed by atoms with Crippen LogP contribution in [0.5, 0.6) is 17.4 Å². The number of benzene rings is 2. The molecule has 0 atom stereocenters. The fourth-order valence-electron chi connectivity index (χ4n) is 3.45. The highest BCUT2D eigenvalue weighted by Gasteiger charge is 2.36. The summed E-state index contributed by atoms with van der Waals surface area (Å²) in [6, 6.07) is 14.8. The zero-order valence-corrected chi connectivity index (χ0v) is 22.4. The summed E-state index contributed by atoms with van der Waals surface area (Å²) in [5.41, 5.74) is 0.967. The Morgan fingerprint density at radius 1 is 1.18 bits per heavy atom. The molecule has 39 heavy (non-hydrogen) atoms. The minimum atomic E-state index is -0.577. The minimum absolute atomic E-state index is 0.133. The third-order valence-corrected chi connectivity index (χ3v) is 6.87. The standard InChI is InChI=1S/C26H22N4O7S2/c1-3-36-21-11-16(7-9-20(21)37-24-10-8-18(14-27-24)30(34)35)12-22-25(32)29(26(33)39-22)15-23(31)28-17-5-4-6-19(13-17)38-2/h4-14H,3,15H2,1-2H3,(H,28,31)/b22-12-. The van der Waals surface area contributed by atoms with Crippen molar-refractivity contribution in [3.8, 4) is 17.4 Å². The molecule has 11 nitrogen and oxygen atoms in total. The molecule has 1 aromatic heterocycles. The molecule has 2 heterocycles. The molecule has 3 amide bonds. The first-order chi connectivity index (χ1) is 18.8. The van der Waals surface area contributed by atoms with Crippen LogP contribution in [0.1, 0.15) is 12.5 Å². The van der Waals surface area contributed by atoms with E-state index in [-0.39, 0.29) is 16.5 Å². The summed E-state index contributed by atoms with van der Waals surface area (Å²) in [5, 5.41) is 13.0. The fraction of sp³-hybridized carbons (Fsp3) is 0.154. The molecule has 1 N–H and O–H groups in total. The van der Waals surface area contributed by atoms with Crippen molar-refractivity contribution in [2.24, 2.45) is 0 Å². The predicted octanol–water partition coefficient (Wildman–Crippen LogP) is 5.58. The second-order valence-electron chi connectivity index (χ2n) is 7.90. The molecule has 3 aromatic rings. The van der Waals surface area contributed by atoms with Crippen molar-refractivity contribution >= 4 is 58.0 Å². The van der Waals surface area contributed by atoms with Gasteiger partial charge in [-0.15, -0.1) is 11.8 Å². The SMILES string of the molecule is CCOc1cc(/C=C2\SC(=O)N(CC(=O)Nc3cccc(SC)c3)C2=O)ccc1Oc1ccc([N+](=O)[O-])cn1. The Morgan fingerprint density at radius 3 is 2.69 bits per heavy atom.